The van der Waals surface area contributed by atoms with Gasteiger partial charge in [0.25, 0.3) is 11.8 Å². The Hall–Kier alpha value is -2.60. The highest BCUT2D eigenvalue weighted by Gasteiger charge is 2.26. The molecular weight excluding hydrogens is 396 g/mol. The smallest absolute Gasteiger partial charge is 0.267 e. The highest BCUT2D eigenvalue weighted by Crippen LogP contribution is 2.37. The van der Waals surface area contributed by atoms with Crippen molar-refractivity contribution in [3.8, 4) is 16.2 Å². The van der Waals surface area contributed by atoms with Crippen LogP contribution in [0.15, 0.2) is 48.6 Å². The largest absolute Gasteiger partial charge is 0.482 e. The molecular formula is C24H28N2O3S. The molecule has 30 heavy (non-hydrogen) atoms. The molecule has 6 heteroatoms. The highest BCUT2D eigenvalue weighted by atomic mass is 32.1. The molecule has 0 aliphatic carbocycles. The van der Waals surface area contributed by atoms with Gasteiger partial charge in [-0.3, -0.25) is 9.59 Å². The fourth-order valence-electron chi connectivity index (χ4n) is 3.92. The summed E-state index contributed by atoms with van der Waals surface area (Å²) in [6.07, 6.45) is 4.95. The Kier molecular flexibility index (Phi) is 6.53. The van der Waals surface area contributed by atoms with E-state index in [1.165, 1.54) is 23.3 Å². The summed E-state index contributed by atoms with van der Waals surface area (Å²) in [5.74, 6) is 0.489. The molecule has 0 radical (unpaired) electrons. The quantitative estimate of drug-likeness (QED) is 0.659. The molecule has 3 heterocycles. The van der Waals surface area contributed by atoms with E-state index in [2.05, 4.69) is 6.58 Å². The van der Waals surface area contributed by atoms with Crippen LogP contribution >= 0.6 is 11.3 Å². The van der Waals surface area contributed by atoms with Crippen molar-refractivity contribution in [3.05, 3.63) is 53.4 Å². The summed E-state index contributed by atoms with van der Waals surface area (Å²) in [5, 5.41) is 0. The molecule has 1 aromatic heterocycles. The number of carbonyl (C=O) groups excluding carboxylic acids is 2. The number of rotatable bonds is 5. The third-order valence-electron chi connectivity index (χ3n) is 5.77. The molecule has 2 fully saturated rings. The van der Waals surface area contributed by atoms with Gasteiger partial charge in [-0.1, -0.05) is 42.5 Å². The van der Waals surface area contributed by atoms with E-state index < -0.39 is 0 Å². The molecule has 4 rings (SSSR count). The van der Waals surface area contributed by atoms with Gasteiger partial charge in [-0.25, -0.2) is 0 Å². The molecule has 0 N–H and O–H groups in total. The number of likely N-dealkylation sites (tertiary alicyclic amines) is 2. The number of hydrogen-bond acceptors (Lipinski definition) is 4. The van der Waals surface area contributed by atoms with Crippen LogP contribution in [0.5, 0.6) is 5.75 Å². The molecule has 0 atom stereocenters. The fourth-order valence-corrected chi connectivity index (χ4v) is 4.99. The second kappa shape index (κ2) is 9.47. The van der Waals surface area contributed by atoms with Gasteiger partial charge in [0.15, 0.2) is 6.61 Å². The molecule has 158 valence electrons. The molecule has 0 spiro atoms. The first kappa shape index (κ1) is 20.7. The number of piperidine rings is 2. The van der Waals surface area contributed by atoms with Gasteiger partial charge < -0.3 is 14.5 Å². The second-order valence-electron chi connectivity index (χ2n) is 7.94. The first-order valence-electron chi connectivity index (χ1n) is 10.7. The third kappa shape index (κ3) is 4.75. The average molecular weight is 425 g/mol. The molecule has 0 unspecified atom stereocenters. The van der Waals surface area contributed by atoms with Crippen molar-refractivity contribution in [3.63, 3.8) is 0 Å². The molecule has 2 aliphatic heterocycles. The van der Waals surface area contributed by atoms with Crippen molar-refractivity contribution in [1.82, 2.24) is 9.80 Å². The van der Waals surface area contributed by atoms with Gasteiger partial charge in [0.2, 0.25) is 0 Å². The zero-order valence-electron chi connectivity index (χ0n) is 17.3. The number of carbonyl (C=O) groups is 2. The van der Waals surface area contributed by atoms with Crippen LogP contribution in [0, 0.1) is 0 Å². The second-order valence-corrected chi connectivity index (χ2v) is 8.99. The summed E-state index contributed by atoms with van der Waals surface area (Å²) in [4.78, 5) is 31.1. The van der Waals surface area contributed by atoms with E-state index in [0.717, 1.165) is 49.2 Å². The van der Waals surface area contributed by atoms with Crippen LogP contribution in [-0.4, -0.2) is 54.4 Å². The predicted octanol–water partition coefficient (Wildman–Crippen LogP) is 4.60. The van der Waals surface area contributed by atoms with Crippen molar-refractivity contribution in [2.45, 2.75) is 32.1 Å². The normalized spacial score (nSPS) is 17.1. The highest BCUT2D eigenvalue weighted by molar-refractivity contribution is 7.17. The van der Waals surface area contributed by atoms with Crippen LogP contribution in [-0.2, 0) is 4.79 Å². The Morgan fingerprint density at radius 2 is 1.67 bits per heavy atom. The summed E-state index contributed by atoms with van der Waals surface area (Å²) >= 11 is 1.44. The monoisotopic (exact) mass is 424 g/mol. The van der Waals surface area contributed by atoms with Crippen molar-refractivity contribution < 1.29 is 14.3 Å². The standard InChI is InChI=1S/C24H28N2O3S/c1-18-10-14-26(15-11-18)24(28)23-20(16-21(30-23)19-8-4-2-5-9-19)29-17-22(27)25-12-6-3-7-13-25/h2,4-5,8-9,16H,1,3,6-7,10-15,17H2. The lowest BCUT2D eigenvalue weighted by Gasteiger charge is -2.28. The van der Waals surface area contributed by atoms with Crippen molar-refractivity contribution in [2.75, 3.05) is 32.8 Å². The lowest BCUT2D eigenvalue weighted by molar-refractivity contribution is -0.134. The Balaban J connectivity index is 1.54. The minimum atomic E-state index is -0.0257. The topological polar surface area (TPSA) is 49.9 Å². The lowest BCUT2D eigenvalue weighted by Crippen LogP contribution is -2.39. The maximum absolute atomic E-state index is 13.2. The van der Waals surface area contributed by atoms with Crippen LogP contribution in [0.3, 0.4) is 0 Å². The van der Waals surface area contributed by atoms with E-state index in [0.29, 0.717) is 23.7 Å². The van der Waals surface area contributed by atoms with E-state index >= 15 is 0 Å². The van der Waals surface area contributed by atoms with Crippen LogP contribution < -0.4 is 4.74 Å². The summed E-state index contributed by atoms with van der Waals surface area (Å²) in [6.45, 7) is 6.97. The summed E-state index contributed by atoms with van der Waals surface area (Å²) in [7, 11) is 0. The van der Waals surface area contributed by atoms with E-state index in [1.807, 2.05) is 46.2 Å². The number of amides is 2. The molecule has 1 aromatic carbocycles. The van der Waals surface area contributed by atoms with Gasteiger partial charge >= 0.3 is 0 Å². The molecule has 0 saturated carbocycles. The number of hydrogen-bond donors (Lipinski definition) is 0. The Morgan fingerprint density at radius 3 is 2.37 bits per heavy atom. The Morgan fingerprint density at radius 1 is 0.967 bits per heavy atom. The minimum absolute atomic E-state index is 0.00479. The first-order chi connectivity index (χ1) is 14.6. The maximum Gasteiger partial charge on any atom is 0.267 e. The molecule has 2 saturated heterocycles. The fraction of sp³-hybridized carbons (Fsp3) is 0.417. The van der Waals surface area contributed by atoms with Crippen LogP contribution in [0.4, 0.5) is 0 Å². The number of ether oxygens (including phenoxy) is 1. The van der Waals surface area contributed by atoms with Gasteiger partial charge in [-0.2, -0.15) is 0 Å². The molecule has 2 aromatic rings. The average Bonchev–Trinajstić information content (AvgIpc) is 3.23. The Labute approximate surface area is 181 Å². The number of benzene rings is 1. The molecule has 2 amide bonds. The summed E-state index contributed by atoms with van der Waals surface area (Å²) < 4.78 is 5.94. The van der Waals surface area contributed by atoms with E-state index in [9.17, 15) is 9.59 Å². The maximum atomic E-state index is 13.2. The first-order valence-corrected chi connectivity index (χ1v) is 11.5. The van der Waals surface area contributed by atoms with Gasteiger partial charge in [-0.05, 0) is 43.7 Å². The van der Waals surface area contributed by atoms with E-state index in [4.69, 9.17) is 4.74 Å². The van der Waals surface area contributed by atoms with Crippen molar-refractivity contribution in [1.29, 1.82) is 0 Å². The minimum Gasteiger partial charge on any atom is -0.482 e. The molecule has 2 aliphatic rings. The van der Waals surface area contributed by atoms with E-state index in [-0.39, 0.29) is 18.4 Å². The Bertz CT molecular complexity index is 906. The zero-order chi connectivity index (χ0) is 20.9. The van der Waals surface area contributed by atoms with Crippen molar-refractivity contribution >= 4 is 23.2 Å². The summed E-state index contributed by atoms with van der Waals surface area (Å²) in [5.41, 5.74) is 2.24. The van der Waals surface area contributed by atoms with Crippen LogP contribution in [0.1, 0.15) is 41.8 Å². The lowest BCUT2D eigenvalue weighted by atomic mass is 10.1. The van der Waals surface area contributed by atoms with Crippen LogP contribution in [0.2, 0.25) is 0 Å². The number of nitrogens with zero attached hydrogens (tertiary/aromatic N) is 2. The van der Waals surface area contributed by atoms with E-state index in [1.54, 1.807) is 0 Å². The van der Waals surface area contributed by atoms with Gasteiger partial charge in [0, 0.05) is 31.1 Å². The van der Waals surface area contributed by atoms with Crippen LogP contribution in [0.25, 0.3) is 10.4 Å². The van der Waals surface area contributed by atoms with Gasteiger partial charge in [0.05, 0.1) is 0 Å². The summed E-state index contributed by atoms with van der Waals surface area (Å²) in [6, 6.07) is 11.9. The van der Waals surface area contributed by atoms with Gasteiger partial charge in [-0.15, -0.1) is 11.3 Å². The zero-order valence-corrected chi connectivity index (χ0v) is 18.1. The SMILES string of the molecule is C=C1CCN(C(=O)c2sc(-c3ccccc3)cc2OCC(=O)N2CCCCC2)CC1. The third-order valence-corrected chi connectivity index (χ3v) is 6.92. The number of thiophene rings is 1. The predicted molar refractivity (Wildman–Crippen MR) is 120 cm³/mol. The van der Waals surface area contributed by atoms with Gasteiger partial charge in [0.1, 0.15) is 10.6 Å². The molecule has 5 nitrogen and oxygen atoms in total. The van der Waals surface area contributed by atoms with Crippen molar-refractivity contribution in [2.24, 2.45) is 0 Å². The molecule has 0 bridgehead atoms.